The molecule has 3 rings (SSSR count). The molecule has 2 N–H and O–H groups in total. The summed E-state index contributed by atoms with van der Waals surface area (Å²) in [5.41, 5.74) is 7.26. The summed E-state index contributed by atoms with van der Waals surface area (Å²) in [5, 5.41) is 2.29. The third-order valence-corrected chi connectivity index (χ3v) is 3.91. The lowest BCUT2D eigenvalue weighted by molar-refractivity contribution is -0.129. The van der Waals surface area contributed by atoms with Crippen molar-refractivity contribution in [1.82, 2.24) is 9.88 Å². The van der Waals surface area contributed by atoms with Gasteiger partial charge in [0.1, 0.15) is 0 Å². The van der Waals surface area contributed by atoms with Crippen LogP contribution in [0.5, 0.6) is 11.5 Å². The van der Waals surface area contributed by atoms with Gasteiger partial charge >= 0.3 is 0 Å². The Labute approximate surface area is 126 Å². The fourth-order valence-corrected chi connectivity index (χ4v) is 2.66. The number of rotatable bonds is 4. The Morgan fingerprint density at radius 2 is 2.24 bits per heavy atom. The maximum atomic E-state index is 12.2. The second-order valence-corrected chi connectivity index (χ2v) is 5.68. The molecule has 1 amide bonds. The fraction of sp³-hybridized carbons (Fsp3) is 0.286. The Bertz CT molecular complexity index is 671. The molecule has 1 aliphatic rings. The van der Waals surface area contributed by atoms with Crippen LogP contribution in [-0.2, 0) is 17.8 Å². The van der Waals surface area contributed by atoms with E-state index in [-0.39, 0.29) is 19.1 Å². The van der Waals surface area contributed by atoms with Gasteiger partial charge in [-0.2, -0.15) is 0 Å². The highest BCUT2D eigenvalue weighted by atomic mass is 32.1. The van der Waals surface area contributed by atoms with Crippen molar-refractivity contribution in [3.63, 3.8) is 0 Å². The number of carbonyl (C=O) groups is 1. The minimum atomic E-state index is -0.00188. The second-order valence-electron chi connectivity index (χ2n) is 4.79. The van der Waals surface area contributed by atoms with Gasteiger partial charge in [-0.25, -0.2) is 4.98 Å². The molecule has 0 radical (unpaired) electrons. The largest absolute Gasteiger partial charge is 0.454 e. The van der Waals surface area contributed by atoms with Gasteiger partial charge in [-0.15, -0.1) is 11.3 Å². The molecular formula is C14H15N3O3S. The summed E-state index contributed by atoms with van der Waals surface area (Å²) < 4.78 is 10.6. The molecule has 0 saturated carbocycles. The number of carbonyl (C=O) groups excluding carboxylic acids is 1. The molecule has 0 aliphatic carbocycles. The van der Waals surface area contributed by atoms with Gasteiger partial charge in [0.05, 0.1) is 12.1 Å². The SMILES string of the molecule is CN(Cc1ccc2c(c1)OCO2)C(=O)Cc1csc(N)n1. The fourth-order valence-electron chi connectivity index (χ4n) is 2.10. The van der Waals surface area contributed by atoms with Gasteiger partial charge in [-0.05, 0) is 17.7 Å². The Morgan fingerprint density at radius 3 is 3.00 bits per heavy atom. The van der Waals surface area contributed by atoms with Gasteiger partial charge in [0, 0.05) is 19.0 Å². The van der Waals surface area contributed by atoms with Crippen molar-refractivity contribution >= 4 is 22.4 Å². The summed E-state index contributed by atoms with van der Waals surface area (Å²) in [4.78, 5) is 17.9. The van der Waals surface area contributed by atoms with Gasteiger partial charge in [0.2, 0.25) is 12.7 Å². The van der Waals surface area contributed by atoms with E-state index in [2.05, 4.69) is 4.98 Å². The van der Waals surface area contributed by atoms with Crippen LogP contribution in [0.15, 0.2) is 23.6 Å². The number of likely N-dealkylation sites (N-methyl/N-ethyl adjacent to an activating group) is 1. The van der Waals surface area contributed by atoms with Crippen LogP contribution in [0, 0.1) is 0 Å². The van der Waals surface area contributed by atoms with Crippen molar-refractivity contribution < 1.29 is 14.3 Å². The topological polar surface area (TPSA) is 77.7 Å². The van der Waals surface area contributed by atoms with Crippen LogP contribution in [0.2, 0.25) is 0 Å². The summed E-state index contributed by atoms with van der Waals surface area (Å²) >= 11 is 1.34. The molecule has 2 aromatic rings. The zero-order valence-corrected chi connectivity index (χ0v) is 12.4. The molecule has 0 unspecified atom stereocenters. The van der Waals surface area contributed by atoms with Gasteiger partial charge in [-0.1, -0.05) is 6.07 Å². The third kappa shape index (κ3) is 3.08. The quantitative estimate of drug-likeness (QED) is 0.929. The van der Waals surface area contributed by atoms with Crippen LogP contribution >= 0.6 is 11.3 Å². The lowest BCUT2D eigenvalue weighted by atomic mass is 10.2. The minimum Gasteiger partial charge on any atom is -0.454 e. The maximum Gasteiger partial charge on any atom is 0.231 e. The first-order valence-corrected chi connectivity index (χ1v) is 7.32. The molecule has 1 aliphatic heterocycles. The predicted molar refractivity (Wildman–Crippen MR) is 79.3 cm³/mol. The smallest absolute Gasteiger partial charge is 0.231 e. The molecular weight excluding hydrogens is 290 g/mol. The Kier molecular flexibility index (Phi) is 3.66. The van der Waals surface area contributed by atoms with E-state index in [9.17, 15) is 4.79 Å². The first kappa shape index (κ1) is 13.7. The number of nitrogen functional groups attached to an aromatic ring is 1. The molecule has 0 saturated heterocycles. The van der Waals surface area contributed by atoms with Crippen molar-refractivity contribution in [3.8, 4) is 11.5 Å². The first-order chi connectivity index (χ1) is 10.1. The van der Waals surface area contributed by atoms with Crippen molar-refractivity contribution in [1.29, 1.82) is 0 Å². The molecule has 0 fully saturated rings. The number of fused-ring (bicyclic) bond motifs is 1. The normalized spacial score (nSPS) is 12.4. The number of benzene rings is 1. The van der Waals surface area contributed by atoms with E-state index in [1.807, 2.05) is 23.6 Å². The summed E-state index contributed by atoms with van der Waals surface area (Å²) in [5.74, 6) is 1.46. The molecule has 1 aromatic heterocycles. The number of anilines is 1. The highest BCUT2D eigenvalue weighted by Gasteiger charge is 2.16. The number of amides is 1. The summed E-state index contributed by atoms with van der Waals surface area (Å²) in [6, 6.07) is 5.68. The third-order valence-electron chi connectivity index (χ3n) is 3.18. The lowest BCUT2D eigenvalue weighted by Gasteiger charge is -2.17. The van der Waals surface area contributed by atoms with Crippen LogP contribution < -0.4 is 15.2 Å². The number of aromatic nitrogens is 1. The molecule has 21 heavy (non-hydrogen) atoms. The summed E-state index contributed by atoms with van der Waals surface area (Å²) in [6.45, 7) is 0.758. The van der Waals surface area contributed by atoms with E-state index < -0.39 is 0 Å². The molecule has 110 valence electrons. The standard InChI is InChI=1S/C14H15N3O3S/c1-17(13(18)5-10-7-21-14(15)16-10)6-9-2-3-11-12(4-9)20-8-19-11/h2-4,7H,5-6,8H2,1H3,(H2,15,16). The van der Waals surface area contributed by atoms with Crippen molar-refractivity contribution in [3.05, 3.63) is 34.8 Å². The van der Waals surface area contributed by atoms with Crippen molar-refractivity contribution in [2.75, 3.05) is 19.6 Å². The zero-order chi connectivity index (χ0) is 14.8. The average Bonchev–Trinajstić information content (AvgIpc) is 3.07. The number of thiazole rings is 1. The summed E-state index contributed by atoms with van der Waals surface area (Å²) in [6.07, 6.45) is 0.259. The van der Waals surface area contributed by atoms with Crippen molar-refractivity contribution in [2.24, 2.45) is 0 Å². The number of hydrogen-bond acceptors (Lipinski definition) is 6. The second kappa shape index (κ2) is 5.61. The Hall–Kier alpha value is -2.28. The number of hydrogen-bond donors (Lipinski definition) is 1. The van der Waals surface area contributed by atoms with Gasteiger partial charge in [0.25, 0.3) is 0 Å². The lowest BCUT2D eigenvalue weighted by Crippen LogP contribution is -2.27. The van der Waals surface area contributed by atoms with E-state index in [0.29, 0.717) is 17.4 Å². The monoisotopic (exact) mass is 305 g/mol. The molecule has 2 heterocycles. The van der Waals surface area contributed by atoms with Crippen LogP contribution in [0.1, 0.15) is 11.3 Å². The predicted octanol–water partition coefficient (Wildman–Crippen LogP) is 1.66. The number of nitrogens with two attached hydrogens (primary N) is 1. The highest BCUT2D eigenvalue weighted by Crippen LogP contribution is 2.32. The molecule has 6 nitrogen and oxygen atoms in total. The minimum absolute atomic E-state index is 0.00188. The van der Waals surface area contributed by atoms with Crippen LogP contribution in [0.3, 0.4) is 0 Å². The zero-order valence-electron chi connectivity index (χ0n) is 11.5. The Morgan fingerprint density at radius 1 is 1.43 bits per heavy atom. The van der Waals surface area contributed by atoms with Crippen LogP contribution in [-0.4, -0.2) is 29.6 Å². The van der Waals surface area contributed by atoms with Gasteiger partial charge in [-0.3, -0.25) is 4.79 Å². The van der Waals surface area contributed by atoms with Crippen LogP contribution in [0.25, 0.3) is 0 Å². The number of nitrogens with zero attached hydrogens (tertiary/aromatic N) is 2. The van der Waals surface area contributed by atoms with E-state index in [1.54, 1.807) is 11.9 Å². The number of ether oxygens (including phenoxy) is 2. The van der Waals surface area contributed by atoms with Crippen molar-refractivity contribution in [2.45, 2.75) is 13.0 Å². The summed E-state index contributed by atoms with van der Waals surface area (Å²) in [7, 11) is 1.77. The van der Waals surface area contributed by atoms with E-state index in [4.69, 9.17) is 15.2 Å². The highest BCUT2D eigenvalue weighted by molar-refractivity contribution is 7.13. The average molecular weight is 305 g/mol. The van der Waals surface area contributed by atoms with E-state index in [0.717, 1.165) is 17.1 Å². The maximum absolute atomic E-state index is 12.2. The van der Waals surface area contributed by atoms with Gasteiger partial charge in [0.15, 0.2) is 16.6 Å². The Balaban J connectivity index is 1.62. The first-order valence-electron chi connectivity index (χ1n) is 6.44. The molecule has 7 heteroatoms. The molecule has 0 spiro atoms. The molecule has 0 bridgehead atoms. The molecule has 0 atom stereocenters. The molecule has 1 aromatic carbocycles. The van der Waals surface area contributed by atoms with Crippen LogP contribution in [0.4, 0.5) is 5.13 Å². The van der Waals surface area contributed by atoms with Gasteiger partial charge < -0.3 is 20.1 Å². The van der Waals surface area contributed by atoms with E-state index >= 15 is 0 Å². The van der Waals surface area contributed by atoms with E-state index in [1.165, 1.54) is 11.3 Å².